The molecular formula is C13H13F3O2. The van der Waals surface area contributed by atoms with E-state index in [1.807, 2.05) is 0 Å². The predicted molar refractivity (Wildman–Crippen MR) is 61.1 cm³/mol. The Morgan fingerprint density at radius 3 is 2.33 bits per heavy atom. The van der Waals surface area contributed by atoms with Gasteiger partial charge in [0.2, 0.25) is 0 Å². The molecule has 0 aromatic heterocycles. The lowest BCUT2D eigenvalue weighted by atomic mass is 9.91. The highest BCUT2D eigenvalue weighted by molar-refractivity contribution is 6.02. The van der Waals surface area contributed by atoms with Crippen molar-refractivity contribution in [1.29, 1.82) is 0 Å². The van der Waals surface area contributed by atoms with Gasteiger partial charge in [-0.25, -0.2) is 0 Å². The van der Waals surface area contributed by atoms with Crippen LogP contribution in [0.25, 0.3) is 0 Å². The number of Topliss-reactive ketones (excluding diaryl/α,β-unsaturated/α-hetero) is 1. The topological polar surface area (TPSA) is 26.3 Å². The first kappa shape index (κ1) is 14.4. The molecule has 0 radical (unpaired) electrons. The van der Waals surface area contributed by atoms with Crippen LogP contribution in [0.4, 0.5) is 13.2 Å². The Bertz CT molecular complexity index is 426. The van der Waals surface area contributed by atoms with Crippen LogP contribution in [0, 0.1) is 0 Å². The predicted octanol–water partition coefficient (Wildman–Crippen LogP) is 3.74. The molecule has 18 heavy (non-hydrogen) atoms. The molecule has 0 saturated carbocycles. The smallest absolute Gasteiger partial charge is 0.291 e. The maximum Gasteiger partial charge on any atom is 0.523 e. The molecule has 98 valence electrons. The molecule has 1 rings (SSSR count). The lowest BCUT2D eigenvalue weighted by Gasteiger charge is -2.28. The molecule has 1 aromatic carbocycles. The summed E-state index contributed by atoms with van der Waals surface area (Å²) in [5.74, 6) is -0.722. The lowest BCUT2D eigenvalue weighted by Crippen LogP contribution is -2.42. The van der Waals surface area contributed by atoms with Crippen molar-refractivity contribution >= 4 is 5.78 Å². The van der Waals surface area contributed by atoms with Crippen molar-refractivity contribution in [3.05, 3.63) is 48.6 Å². The zero-order chi connectivity index (χ0) is 13.8. The molecule has 0 fully saturated rings. The molecule has 0 aliphatic heterocycles. The average molecular weight is 258 g/mol. The largest absolute Gasteiger partial charge is 0.523 e. The molecule has 5 heteroatoms. The molecule has 0 aliphatic carbocycles. The van der Waals surface area contributed by atoms with Crippen molar-refractivity contribution in [2.24, 2.45) is 0 Å². The maximum absolute atomic E-state index is 12.3. The van der Waals surface area contributed by atoms with E-state index in [0.717, 1.165) is 6.92 Å². The monoisotopic (exact) mass is 258 g/mol. The summed E-state index contributed by atoms with van der Waals surface area (Å²) in [6.45, 7) is 4.46. The van der Waals surface area contributed by atoms with Gasteiger partial charge in [-0.1, -0.05) is 36.4 Å². The Kier molecular flexibility index (Phi) is 4.29. The second-order valence-electron chi connectivity index (χ2n) is 3.97. The van der Waals surface area contributed by atoms with Crippen LogP contribution >= 0.6 is 0 Å². The fourth-order valence-corrected chi connectivity index (χ4v) is 1.61. The first-order valence-corrected chi connectivity index (χ1v) is 5.26. The first-order chi connectivity index (χ1) is 8.28. The molecule has 0 saturated heterocycles. The van der Waals surface area contributed by atoms with Gasteiger partial charge in [-0.15, -0.1) is 19.8 Å². The van der Waals surface area contributed by atoms with Crippen LogP contribution in [0.2, 0.25) is 0 Å². The van der Waals surface area contributed by atoms with E-state index in [1.165, 1.54) is 18.2 Å². The number of alkyl halides is 3. The van der Waals surface area contributed by atoms with Crippen LogP contribution in [0.3, 0.4) is 0 Å². The minimum atomic E-state index is -4.87. The summed E-state index contributed by atoms with van der Waals surface area (Å²) in [4.78, 5) is 12.1. The van der Waals surface area contributed by atoms with Gasteiger partial charge in [0.1, 0.15) is 5.60 Å². The Balaban J connectivity index is 3.05. The fraction of sp³-hybridized carbons (Fsp3) is 0.308. The van der Waals surface area contributed by atoms with Gasteiger partial charge < -0.3 is 0 Å². The van der Waals surface area contributed by atoms with Crippen LogP contribution in [0.5, 0.6) is 0 Å². The van der Waals surface area contributed by atoms with Crippen LogP contribution in [-0.2, 0) is 4.74 Å². The molecule has 0 spiro atoms. The Hall–Kier alpha value is -1.62. The Morgan fingerprint density at radius 1 is 1.33 bits per heavy atom. The molecule has 1 aromatic rings. The quantitative estimate of drug-likeness (QED) is 0.594. The van der Waals surface area contributed by atoms with Crippen LogP contribution in [0.1, 0.15) is 23.7 Å². The summed E-state index contributed by atoms with van der Waals surface area (Å²) < 4.78 is 41.0. The molecule has 2 nitrogen and oxygen atoms in total. The third-order valence-corrected chi connectivity index (χ3v) is 2.39. The number of hydrogen-bond acceptors (Lipinski definition) is 2. The average Bonchev–Trinajstić information content (AvgIpc) is 2.27. The van der Waals surface area contributed by atoms with E-state index in [1.54, 1.807) is 18.2 Å². The highest BCUT2D eigenvalue weighted by atomic mass is 19.4. The number of benzene rings is 1. The number of carbonyl (C=O) groups is 1. The number of carbonyl (C=O) groups excluding carboxylic acids is 1. The Morgan fingerprint density at radius 2 is 1.89 bits per heavy atom. The van der Waals surface area contributed by atoms with Gasteiger partial charge in [-0.05, 0) is 6.92 Å². The zero-order valence-electron chi connectivity index (χ0n) is 9.83. The van der Waals surface area contributed by atoms with E-state index in [0.29, 0.717) is 0 Å². The van der Waals surface area contributed by atoms with Crippen LogP contribution < -0.4 is 0 Å². The van der Waals surface area contributed by atoms with E-state index in [4.69, 9.17) is 0 Å². The van der Waals surface area contributed by atoms with E-state index < -0.39 is 17.7 Å². The van der Waals surface area contributed by atoms with E-state index in [9.17, 15) is 18.0 Å². The highest BCUT2D eigenvalue weighted by Gasteiger charge is 2.44. The molecular weight excluding hydrogens is 245 g/mol. The first-order valence-electron chi connectivity index (χ1n) is 5.26. The third kappa shape index (κ3) is 3.70. The molecule has 1 atom stereocenters. The molecule has 0 aliphatic rings. The SMILES string of the molecule is C=CCC(C)(OC(F)(F)F)C(=O)c1ccccc1. The molecule has 0 bridgehead atoms. The normalized spacial score (nSPS) is 14.9. The van der Waals surface area contributed by atoms with Gasteiger partial charge in [0.25, 0.3) is 0 Å². The number of halogens is 3. The van der Waals surface area contributed by atoms with Gasteiger partial charge in [0.05, 0.1) is 0 Å². The van der Waals surface area contributed by atoms with Crippen molar-refractivity contribution in [2.45, 2.75) is 25.3 Å². The summed E-state index contributed by atoms with van der Waals surface area (Å²) in [6, 6.07) is 7.73. The fourth-order valence-electron chi connectivity index (χ4n) is 1.61. The third-order valence-electron chi connectivity index (χ3n) is 2.39. The lowest BCUT2D eigenvalue weighted by molar-refractivity contribution is -0.353. The summed E-state index contributed by atoms with van der Waals surface area (Å²) in [7, 11) is 0. The van der Waals surface area contributed by atoms with Gasteiger partial charge in [0.15, 0.2) is 5.78 Å². The zero-order valence-corrected chi connectivity index (χ0v) is 9.83. The van der Waals surface area contributed by atoms with Crippen molar-refractivity contribution in [3.8, 4) is 0 Å². The molecule has 0 amide bonds. The Labute approximate surface area is 103 Å². The summed E-state index contributed by atoms with van der Waals surface area (Å²) in [5.41, 5.74) is -1.81. The van der Waals surface area contributed by atoms with E-state index in [-0.39, 0.29) is 12.0 Å². The molecule has 1 unspecified atom stereocenters. The summed E-state index contributed by atoms with van der Waals surface area (Å²) in [5, 5.41) is 0. The minimum Gasteiger partial charge on any atom is -0.291 e. The standard InChI is InChI=1S/C13H13F3O2/c1-3-9-12(2,18-13(14,15)16)11(17)10-7-5-4-6-8-10/h3-8H,1,9H2,2H3. The van der Waals surface area contributed by atoms with Crippen molar-refractivity contribution in [2.75, 3.05) is 0 Å². The summed E-state index contributed by atoms with van der Waals surface area (Å²) in [6.07, 6.45) is -3.87. The van der Waals surface area contributed by atoms with E-state index in [2.05, 4.69) is 11.3 Å². The maximum atomic E-state index is 12.3. The second-order valence-corrected chi connectivity index (χ2v) is 3.97. The summed E-state index contributed by atoms with van der Waals surface area (Å²) >= 11 is 0. The van der Waals surface area contributed by atoms with Gasteiger partial charge in [-0.2, -0.15) is 0 Å². The minimum absolute atomic E-state index is 0.172. The van der Waals surface area contributed by atoms with Crippen molar-refractivity contribution < 1.29 is 22.7 Å². The second kappa shape index (κ2) is 5.35. The van der Waals surface area contributed by atoms with E-state index >= 15 is 0 Å². The number of ketones is 1. The number of ether oxygens (including phenoxy) is 1. The number of rotatable bonds is 5. The highest BCUT2D eigenvalue weighted by Crippen LogP contribution is 2.30. The van der Waals surface area contributed by atoms with Gasteiger partial charge >= 0.3 is 6.36 Å². The van der Waals surface area contributed by atoms with Crippen LogP contribution in [0.15, 0.2) is 43.0 Å². The van der Waals surface area contributed by atoms with Crippen molar-refractivity contribution in [1.82, 2.24) is 0 Å². The van der Waals surface area contributed by atoms with Crippen molar-refractivity contribution in [3.63, 3.8) is 0 Å². The van der Waals surface area contributed by atoms with Gasteiger partial charge in [0, 0.05) is 12.0 Å². The van der Waals surface area contributed by atoms with Crippen LogP contribution in [-0.4, -0.2) is 17.7 Å². The van der Waals surface area contributed by atoms with Gasteiger partial charge in [-0.3, -0.25) is 9.53 Å². The molecule has 0 N–H and O–H groups in total. The number of hydrogen-bond donors (Lipinski definition) is 0. The molecule has 0 heterocycles.